The maximum absolute atomic E-state index is 12.3. The summed E-state index contributed by atoms with van der Waals surface area (Å²) in [4.78, 5) is 16.9. The third-order valence-electron chi connectivity index (χ3n) is 4.67. The summed E-state index contributed by atoms with van der Waals surface area (Å²) in [5, 5.41) is 11.9. The summed E-state index contributed by atoms with van der Waals surface area (Å²) in [6.45, 7) is 5.06. The second-order valence-electron chi connectivity index (χ2n) is 6.77. The van der Waals surface area contributed by atoms with E-state index in [0.29, 0.717) is 12.1 Å². The van der Waals surface area contributed by atoms with Crippen LogP contribution in [-0.2, 0) is 11.3 Å². The Morgan fingerprint density at radius 3 is 2.37 bits per heavy atom. The summed E-state index contributed by atoms with van der Waals surface area (Å²) in [7, 11) is 0. The van der Waals surface area contributed by atoms with Crippen LogP contribution in [0.4, 0.5) is 5.69 Å². The third kappa shape index (κ3) is 6.17. The molecule has 0 aliphatic carbocycles. The van der Waals surface area contributed by atoms with Gasteiger partial charge in [0.2, 0.25) is 5.91 Å². The number of hydrogen-bond acceptors (Lipinski definition) is 4. The van der Waals surface area contributed by atoms with Crippen molar-refractivity contribution in [2.24, 2.45) is 0 Å². The van der Waals surface area contributed by atoms with Crippen LogP contribution in [0.15, 0.2) is 53.0 Å². The Balaban J connectivity index is 1.46. The Morgan fingerprint density at radius 1 is 1.00 bits per heavy atom. The number of carbonyl (C=O) groups is 1. The summed E-state index contributed by atoms with van der Waals surface area (Å²) >= 11 is 3.40. The predicted molar refractivity (Wildman–Crippen MR) is 110 cm³/mol. The molecule has 1 N–H and O–H groups in total. The number of halogens is 1. The molecule has 0 spiro atoms. The fourth-order valence-corrected chi connectivity index (χ4v) is 3.48. The van der Waals surface area contributed by atoms with Gasteiger partial charge in [0.25, 0.3) is 0 Å². The second kappa shape index (κ2) is 9.65. The Morgan fingerprint density at radius 2 is 1.67 bits per heavy atom. The number of rotatable bonds is 5. The van der Waals surface area contributed by atoms with Crippen molar-refractivity contribution >= 4 is 27.5 Å². The summed E-state index contributed by atoms with van der Waals surface area (Å²) in [6, 6.07) is 17.6. The average Bonchev–Trinajstić information content (AvgIpc) is 2.89. The molecule has 1 heterocycles. The van der Waals surface area contributed by atoms with E-state index in [1.54, 1.807) is 0 Å². The fourth-order valence-electron chi connectivity index (χ4n) is 3.22. The highest BCUT2D eigenvalue weighted by Crippen LogP contribution is 2.14. The van der Waals surface area contributed by atoms with Crippen LogP contribution in [-0.4, -0.2) is 48.4 Å². The molecule has 1 amide bonds. The predicted octanol–water partition coefficient (Wildman–Crippen LogP) is 3.47. The molecule has 0 unspecified atom stereocenters. The van der Waals surface area contributed by atoms with E-state index in [0.717, 1.165) is 49.3 Å². The number of anilines is 1. The smallest absolute Gasteiger partial charge is 0.238 e. The molecule has 27 heavy (non-hydrogen) atoms. The Bertz CT molecular complexity index is 798. The van der Waals surface area contributed by atoms with Gasteiger partial charge in [0.05, 0.1) is 18.2 Å². The van der Waals surface area contributed by atoms with Gasteiger partial charge in [0.15, 0.2) is 0 Å². The van der Waals surface area contributed by atoms with Gasteiger partial charge < -0.3 is 5.32 Å². The molecule has 0 saturated carbocycles. The first-order chi connectivity index (χ1) is 13.1. The van der Waals surface area contributed by atoms with Crippen molar-refractivity contribution in [2.75, 3.05) is 38.0 Å². The van der Waals surface area contributed by atoms with Crippen molar-refractivity contribution in [2.45, 2.75) is 13.0 Å². The fraction of sp³-hybridized carbons (Fsp3) is 0.333. The summed E-state index contributed by atoms with van der Waals surface area (Å²) in [5.41, 5.74) is 2.73. The molecule has 2 aromatic carbocycles. The first-order valence-corrected chi connectivity index (χ1v) is 9.91. The van der Waals surface area contributed by atoms with Gasteiger partial charge in [-0.05, 0) is 61.5 Å². The number of amides is 1. The molecule has 0 bridgehead atoms. The Hall–Kier alpha value is -2.20. The molecule has 5 nitrogen and oxygen atoms in total. The molecule has 140 valence electrons. The Kier molecular flexibility index (Phi) is 6.99. The summed E-state index contributed by atoms with van der Waals surface area (Å²) < 4.78 is 0.996. The van der Waals surface area contributed by atoms with Crippen LogP contribution in [0.1, 0.15) is 17.5 Å². The maximum atomic E-state index is 12.3. The van der Waals surface area contributed by atoms with Crippen molar-refractivity contribution in [3.8, 4) is 6.07 Å². The molecule has 1 fully saturated rings. The van der Waals surface area contributed by atoms with Gasteiger partial charge in [-0.15, -0.1) is 0 Å². The van der Waals surface area contributed by atoms with Crippen LogP contribution in [0.5, 0.6) is 0 Å². The van der Waals surface area contributed by atoms with E-state index in [4.69, 9.17) is 5.26 Å². The minimum Gasteiger partial charge on any atom is -0.325 e. The molecule has 1 saturated heterocycles. The minimum atomic E-state index is 0.0258. The van der Waals surface area contributed by atoms with Crippen molar-refractivity contribution in [3.63, 3.8) is 0 Å². The van der Waals surface area contributed by atoms with Crippen LogP contribution < -0.4 is 5.32 Å². The van der Waals surface area contributed by atoms with Gasteiger partial charge in [0, 0.05) is 29.8 Å². The topological polar surface area (TPSA) is 59.4 Å². The number of carbonyl (C=O) groups excluding carboxylic acids is 1. The van der Waals surface area contributed by atoms with E-state index in [2.05, 4.69) is 37.1 Å². The molecule has 1 aliphatic heterocycles. The molecule has 3 rings (SSSR count). The largest absolute Gasteiger partial charge is 0.325 e. The normalized spacial score (nSPS) is 15.7. The quantitative estimate of drug-likeness (QED) is 0.794. The molecule has 0 atom stereocenters. The standard InChI is InChI=1S/C21H23BrN4O/c22-19-6-8-20(9-7-19)24-21(27)16-26-11-1-10-25(12-13-26)15-18-4-2-17(14-23)3-5-18/h2-9H,1,10-13,15-16H2,(H,24,27). The van der Waals surface area contributed by atoms with Crippen LogP contribution in [0.2, 0.25) is 0 Å². The van der Waals surface area contributed by atoms with Crippen molar-refractivity contribution in [1.29, 1.82) is 5.26 Å². The van der Waals surface area contributed by atoms with Crippen LogP contribution in [0.3, 0.4) is 0 Å². The number of nitrogens with zero attached hydrogens (tertiary/aromatic N) is 3. The van der Waals surface area contributed by atoms with E-state index in [9.17, 15) is 4.79 Å². The average molecular weight is 427 g/mol. The lowest BCUT2D eigenvalue weighted by molar-refractivity contribution is -0.117. The minimum absolute atomic E-state index is 0.0258. The lowest BCUT2D eigenvalue weighted by Crippen LogP contribution is -2.36. The zero-order valence-electron chi connectivity index (χ0n) is 15.2. The molecule has 1 aliphatic rings. The molecule has 0 aromatic heterocycles. The van der Waals surface area contributed by atoms with Crippen molar-refractivity contribution < 1.29 is 4.79 Å². The first kappa shape index (κ1) is 19.6. The highest BCUT2D eigenvalue weighted by Gasteiger charge is 2.17. The van der Waals surface area contributed by atoms with Crippen LogP contribution in [0.25, 0.3) is 0 Å². The van der Waals surface area contributed by atoms with Gasteiger partial charge in [-0.3, -0.25) is 14.6 Å². The SMILES string of the molecule is N#Cc1ccc(CN2CCCN(CC(=O)Nc3ccc(Br)cc3)CC2)cc1. The maximum Gasteiger partial charge on any atom is 0.238 e. The van der Waals surface area contributed by atoms with Crippen molar-refractivity contribution in [3.05, 3.63) is 64.1 Å². The van der Waals surface area contributed by atoms with Gasteiger partial charge in [-0.1, -0.05) is 28.1 Å². The van der Waals surface area contributed by atoms with E-state index < -0.39 is 0 Å². The molecule has 0 radical (unpaired) electrons. The number of benzene rings is 2. The summed E-state index contributed by atoms with van der Waals surface area (Å²) in [6.07, 6.45) is 1.04. The second-order valence-corrected chi connectivity index (χ2v) is 7.69. The van der Waals surface area contributed by atoms with Gasteiger partial charge in [0.1, 0.15) is 0 Å². The zero-order chi connectivity index (χ0) is 19.1. The van der Waals surface area contributed by atoms with Gasteiger partial charge in [-0.25, -0.2) is 0 Å². The molecular formula is C21H23BrN4O. The van der Waals surface area contributed by atoms with E-state index in [1.165, 1.54) is 5.56 Å². The monoisotopic (exact) mass is 426 g/mol. The van der Waals surface area contributed by atoms with E-state index in [1.807, 2.05) is 48.5 Å². The van der Waals surface area contributed by atoms with E-state index >= 15 is 0 Å². The third-order valence-corrected chi connectivity index (χ3v) is 5.19. The van der Waals surface area contributed by atoms with E-state index in [-0.39, 0.29) is 5.91 Å². The van der Waals surface area contributed by atoms with Gasteiger partial charge >= 0.3 is 0 Å². The number of nitriles is 1. The first-order valence-electron chi connectivity index (χ1n) is 9.11. The molecule has 2 aromatic rings. The highest BCUT2D eigenvalue weighted by molar-refractivity contribution is 9.10. The number of nitrogens with one attached hydrogen (secondary N) is 1. The Labute approximate surface area is 168 Å². The highest BCUT2D eigenvalue weighted by atomic mass is 79.9. The van der Waals surface area contributed by atoms with Crippen LogP contribution >= 0.6 is 15.9 Å². The van der Waals surface area contributed by atoms with Gasteiger partial charge in [-0.2, -0.15) is 5.26 Å². The molecular weight excluding hydrogens is 404 g/mol. The van der Waals surface area contributed by atoms with Crippen LogP contribution in [0, 0.1) is 11.3 Å². The zero-order valence-corrected chi connectivity index (χ0v) is 16.8. The summed E-state index contributed by atoms with van der Waals surface area (Å²) in [5.74, 6) is 0.0258. The lowest BCUT2D eigenvalue weighted by atomic mass is 10.1. The molecule has 6 heteroatoms. The lowest BCUT2D eigenvalue weighted by Gasteiger charge is -2.21. The van der Waals surface area contributed by atoms with Crippen molar-refractivity contribution in [1.82, 2.24) is 9.80 Å². The number of hydrogen-bond donors (Lipinski definition) is 1.